The van der Waals surface area contributed by atoms with E-state index in [-0.39, 0.29) is 43.0 Å². The van der Waals surface area contributed by atoms with Gasteiger partial charge < -0.3 is 9.64 Å². The van der Waals surface area contributed by atoms with E-state index in [9.17, 15) is 19.2 Å². The van der Waals surface area contributed by atoms with E-state index in [4.69, 9.17) is 4.74 Å². The SMILES string of the molecule is COc1ccc(CC(=O)NNC2CC(=O)N(Cc3ccc(N4CCCC4=O)cc3)C2=O)cc1. The predicted molar refractivity (Wildman–Crippen MR) is 120 cm³/mol. The van der Waals surface area contributed by atoms with Gasteiger partial charge in [-0.1, -0.05) is 24.3 Å². The molecule has 0 bridgehead atoms. The Morgan fingerprint density at radius 2 is 1.70 bits per heavy atom. The maximum atomic E-state index is 12.7. The lowest BCUT2D eigenvalue weighted by atomic mass is 10.1. The third-order valence-electron chi connectivity index (χ3n) is 5.82. The van der Waals surface area contributed by atoms with Gasteiger partial charge in [0, 0.05) is 18.7 Å². The first kappa shape index (κ1) is 22.5. The quantitative estimate of drug-likeness (QED) is 0.464. The number of nitrogens with zero attached hydrogens (tertiary/aromatic N) is 2. The van der Waals surface area contributed by atoms with Crippen molar-refractivity contribution in [1.29, 1.82) is 0 Å². The molecule has 172 valence electrons. The Labute approximate surface area is 191 Å². The Balaban J connectivity index is 1.29. The molecule has 2 aliphatic heterocycles. The largest absolute Gasteiger partial charge is 0.497 e. The van der Waals surface area contributed by atoms with Crippen LogP contribution in [-0.2, 0) is 32.1 Å². The Kier molecular flexibility index (Phi) is 6.69. The van der Waals surface area contributed by atoms with Crippen LogP contribution in [0.3, 0.4) is 0 Å². The lowest BCUT2D eigenvalue weighted by Gasteiger charge is -2.18. The third-order valence-corrected chi connectivity index (χ3v) is 5.82. The number of hydrogen-bond donors (Lipinski definition) is 2. The minimum atomic E-state index is -0.807. The number of carbonyl (C=O) groups is 4. The van der Waals surface area contributed by atoms with Gasteiger partial charge in [0.15, 0.2) is 0 Å². The number of hydrazine groups is 1. The van der Waals surface area contributed by atoms with Crippen molar-refractivity contribution in [1.82, 2.24) is 15.8 Å². The number of nitrogens with one attached hydrogen (secondary N) is 2. The summed E-state index contributed by atoms with van der Waals surface area (Å²) in [6, 6.07) is 13.6. The van der Waals surface area contributed by atoms with Crippen LogP contribution in [0.5, 0.6) is 5.75 Å². The van der Waals surface area contributed by atoms with Crippen molar-refractivity contribution < 1.29 is 23.9 Å². The molecule has 2 aromatic carbocycles. The van der Waals surface area contributed by atoms with E-state index in [1.807, 2.05) is 24.3 Å². The number of carbonyl (C=O) groups excluding carboxylic acids is 4. The highest BCUT2D eigenvalue weighted by Gasteiger charge is 2.38. The lowest BCUT2D eigenvalue weighted by Crippen LogP contribution is -2.48. The first-order valence-electron chi connectivity index (χ1n) is 10.9. The fourth-order valence-corrected chi connectivity index (χ4v) is 3.99. The zero-order chi connectivity index (χ0) is 23.4. The number of imide groups is 1. The predicted octanol–water partition coefficient (Wildman–Crippen LogP) is 1.31. The maximum absolute atomic E-state index is 12.7. The number of amides is 4. The van der Waals surface area contributed by atoms with Crippen LogP contribution in [0.15, 0.2) is 48.5 Å². The van der Waals surface area contributed by atoms with E-state index in [0.717, 1.165) is 23.2 Å². The molecule has 0 saturated carbocycles. The third kappa shape index (κ3) is 5.20. The van der Waals surface area contributed by atoms with Gasteiger partial charge in [-0.15, -0.1) is 0 Å². The van der Waals surface area contributed by atoms with Crippen LogP contribution in [0.1, 0.15) is 30.4 Å². The summed E-state index contributed by atoms with van der Waals surface area (Å²) in [6.07, 6.45) is 1.51. The smallest absolute Gasteiger partial charge is 0.248 e. The van der Waals surface area contributed by atoms with E-state index < -0.39 is 6.04 Å². The fraction of sp³-hybridized carbons (Fsp3) is 0.333. The molecule has 2 fully saturated rings. The molecule has 0 aliphatic carbocycles. The summed E-state index contributed by atoms with van der Waals surface area (Å²) in [5, 5.41) is 0. The molecular weight excluding hydrogens is 424 g/mol. The first-order chi connectivity index (χ1) is 15.9. The second-order valence-corrected chi connectivity index (χ2v) is 8.11. The molecule has 4 amide bonds. The highest BCUT2D eigenvalue weighted by molar-refractivity contribution is 6.05. The van der Waals surface area contributed by atoms with Crippen molar-refractivity contribution in [3.05, 3.63) is 59.7 Å². The molecule has 2 aliphatic rings. The van der Waals surface area contributed by atoms with Crippen molar-refractivity contribution in [2.45, 2.75) is 38.3 Å². The molecule has 9 nitrogen and oxygen atoms in total. The van der Waals surface area contributed by atoms with Crippen LogP contribution in [0.4, 0.5) is 5.69 Å². The van der Waals surface area contributed by atoms with Crippen LogP contribution in [0.25, 0.3) is 0 Å². The number of benzene rings is 2. The number of hydrogen-bond acceptors (Lipinski definition) is 6. The van der Waals surface area contributed by atoms with E-state index in [1.165, 1.54) is 4.90 Å². The van der Waals surface area contributed by atoms with Gasteiger partial charge in [-0.25, -0.2) is 5.43 Å². The van der Waals surface area contributed by atoms with E-state index >= 15 is 0 Å². The van der Waals surface area contributed by atoms with Gasteiger partial charge in [0.05, 0.1) is 26.5 Å². The molecule has 0 spiro atoms. The second kappa shape index (κ2) is 9.83. The van der Waals surface area contributed by atoms with Crippen LogP contribution in [0, 0.1) is 0 Å². The monoisotopic (exact) mass is 450 g/mol. The van der Waals surface area contributed by atoms with Crippen LogP contribution >= 0.6 is 0 Å². The van der Waals surface area contributed by atoms with Crippen molar-refractivity contribution in [3.63, 3.8) is 0 Å². The molecule has 2 heterocycles. The molecule has 2 N–H and O–H groups in total. The topological polar surface area (TPSA) is 108 Å². The van der Waals surface area contributed by atoms with E-state index in [2.05, 4.69) is 10.9 Å². The van der Waals surface area contributed by atoms with Crippen molar-refractivity contribution >= 4 is 29.3 Å². The number of ether oxygens (including phenoxy) is 1. The summed E-state index contributed by atoms with van der Waals surface area (Å²) in [5.74, 6) is -0.197. The Hall–Kier alpha value is -3.72. The highest BCUT2D eigenvalue weighted by Crippen LogP contribution is 2.23. The normalized spacial score (nSPS) is 18.2. The van der Waals surface area contributed by atoms with Gasteiger partial charge in [-0.3, -0.25) is 29.5 Å². The van der Waals surface area contributed by atoms with Crippen molar-refractivity contribution in [2.75, 3.05) is 18.6 Å². The van der Waals surface area contributed by atoms with Gasteiger partial charge in [0.25, 0.3) is 0 Å². The summed E-state index contributed by atoms with van der Waals surface area (Å²) in [7, 11) is 1.57. The first-order valence-corrected chi connectivity index (χ1v) is 10.9. The second-order valence-electron chi connectivity index (χ2n) is 8.11. The van der Waals surface area contributed by atoms with Gasteiger partial charge in [0.1, 0.15) is 11.8 Å². The average molecular weight is 450 g/mol. The summed E-state index contributed by atoms with van der Waals surface area (Å²) in [5.41, 5.74) is 7.62. The summed E-state index contributed by atoms with van der Waals surface area (Å²) < 4.78 is 5.09. The number of rotatable bonds is 8. The number of likely N-dealkylation sites (tertiary alicyclic amines) is 1. The Morgan fingerprint density at radius 1 is 1.00 bits per heavy atom. The molecule has 1 unspecified atom stereocenters. The average Bonchev–Trinajstić information content (AvgIpc) is 3.36. The molecule has 0 aromatic heterocycles. The van der Waals surface area contributed by atoms with Gasteiger partial charge in [-0.2, -0.15) is 0 Å². The van der Waals surface area contributed by atoms with Crippen LogP contribution in [-0.4, -0.2) is 48.2 Å². The Bertz CT molecular complexity index is 1050. The van der Waals surface area contributed by atoms with Crippen LogP contribution in [0.2, 0.25) is 0 Å². The minimum Gasteiger partial charge on any atom is -0.497 e. The molecule has 9 heteroatoms. The van der Waals surface area contributed by atoms with E-state index in [1.54, 1.807) is 36.3 Å². The highest BCUT2D eigenvalue weighted by atomic mass is 16.5. The fourth-order valence-electron chi connectivity index (χ4n) is 3.99. The number of anilines is 1. The van der Waals surface area contributed by atoms with Gasteiger partial charge in [-0.05, 0) is 41.8 Å². The zero-order valence-corrected chi connectivity index (χ0v) is 18.4. The summed E-state index contributed by atoms with van der Waals surface area (Å²) in [4.78, 5) is 52.1. The molecule has 1 atom stereocenters. The molecule has 0 radical (unpaired) electrons. The van der Waals surface area contributed by atoms with E-state index in [0.29, 0.717) is 18.7 Å². The molecule has 2 aromatic rings. The molecule has 33 heavy (non-hydrogen) atoms. The lowest BCUT2D eigenvalue weighted by molar-refractivity contribution is -0.139. The van der Waals surface area contributed by atoms with Crippen molar-refractivity contribution in [3.8, 4) is 5.75 Å². The summed E-state index contributed by atoms with van der Waals surface area (Å²) >= 11 is 0. The standard InChI is InChI=1S/C24H26N4O5/c1-33-19-10-6-16(7-11-19)13-21(29)26-25-20-14-23(31)28(24(20)32)15-17-4-8-18(9-5-17)27-12-2-3-22(27)30/h4-11,20,25H,2-3,12-15H2,1H3,(H,26,29). The summed E-state index contributed by atoms with van der Waals surface area (Å²) in [6.45, 7) is 0.850. The zero-order valence-electron chi connectivity index (χ0n) is 18.4. The minimum absolute atomic E-state index is 0.0258. The maximum Gasteiger partial charge on any atom is 0.248 e. The van der Waals surface area contributed by atoms with Crippen LogP contribution < -0.4 is 20.5 Å². The Morgan fingerprint density at radius 3 is 2.33 bits per heavy atom. The molecule has 2 saturated heterocycles. The number of methoxy groups -OCH3 is 1. The van der Waals surface area contributed by atoms with Gasteiger partial charge in [0.2, 0.25) is 23.6 Å². The van der Waals surface area contributed by atoms with Crippen molar-refractivity contribution in [2.24, 2.45) is 0 Å². The molecule has 4 rings (SSSR count). The molecular formula is C24H26N4O5. The van der Waals surface area contributed by atoms with Gasteiger partial charge >= 0.3 is 0 Å².